The number of benzene rings is 1. The molecule has 0 aliphatic heterocycles. The van der Waals surface area contributed by atoms with Gasteiger partial charge in [-0.2, -0.15) is 0 Å². The SMILES string of the molecule is CCC.Cc1cc(C)cc(C(=O)N(CC(C)(C)C)NC(=O)OC(C)(C)C)c1. The van der Waals surface area contributed by atoms with Crippen molar-refractivity contribution in [2.45, 2.75) is 81.3 Å². The first-order chi connectivity index (χ1) is 12.2. The molecule has 0 bridgehead atoms. The minimum atomic E-state index is -0.635. The lowest BCUT2D eigenvalue weighted by Crippen LogP contribution is -2.51. The van der Waals surface area contributed by atoms with Crippen molar-refractivity contribution in [2.24, 2.45) is 5.41 Å². The molecule has 0 unspecified atom stereocenters. The number of hydrogen-bond acceptors (Lipinski definition) is 3. The van der Waals surface area contributed by atoms with Crippen LogP contribution in [-0.2, 0) is 4.74 Å². The van der Waals surface area contributed by atoms with Gasteiger partial charge in [0.25, 0.3) is 5.91 Å². The molecule has 1 N–H and O–H groups in total. The number of hydrazine groups is 1. The molecule has 0 radical (unpaired) electrons. The molecule has 5 heteroatoms. The number of carbonyl (C=O) groups is 2. The Bertz CT molecular complexity index is 605. The molecular formula is C22H38N2O3. The van der Waals surface area contributed by atoms with E-state index < -0.39 is 11.7 Å². The van der Waals surface area contributed by atoms with Crippen LogP contribution < -0.4 is 5.43 Å². The van der Waals surface area contributed by atoms with Crippen LogP contribution in [0.15, 0.2) is 18.2 Å². The van der Waals surface area contributed by atoms with Crippen molar-refractivity contribution in [3.05, 3.63) is 34.9 Å². The zero-order valence-corrected chi connectivity index (χ0v) is 18.8. The lowest BCUT2D eigenvalue weighted by molar-refractivity contribution is 0.0242. The fourth-order valence-electron chi connectivity index (χ4n) is 2.30. The number of nitrogens with zero attached hydrogens (tertiary/aromatic N) is 1. The predicted octanol–water partition coefficient (Wildman–Crippen LogP) is 5.65. The fourth-order valence-corrected chi connectivity index (χ4v) is 2.30. The Kier molecular flexibility index (Phi) is 9.55. The van der Waals surface area contributed by atoms with Gasteiger partial charge >= 0.3 is 6.09 Å². The lowest BCUT2D eigenvalue weighted by atomic mass is 9.96. The fraction of sp³-hybridized carbons (Fsp3) is 0.636. The first kappa shape index (κ1) is 25.0. The standard InChI is InChI=1S/C19H30N2O3.C3H8/c1-13-9-14(2)11-15(10-13)16(22)21(12-18(3,4)5)20-17(23)24-19(6,7)8;1-3-2/h9-11H,12H2,1-8H3,(H,20,23);3H2,1-2H3. The van der Waals surface area contributed by atoms with Crippen molar-refractivity contribution in [3.63, 3.8) is 0 Å². The number of ether oxygens (including phenoxy) is 1. The molecule has 0 heterocycles. The van der Waals surface area contributed by atoms with E-state index in [-0.39, 0.29) is 11.3 Å². The molecular weight excluding hydrogens is 340 g/mol. The van der Waals surface area contributed by atoms with Crippen LogP contribution in [0.1, 0.15) is 83.3 Å². The minimum Gasteiger partial charge on any atom is -0.443 e. The van der Waals surface area contributed by atoms with Gasteiger partial charge in [-0.15, -0.1) is 0 Å². The lowest BCUT2D eigenvalue weighted by Gasteiger charge is -2.31. The highest BCUT2D eigenvalue weighted by molar-refractivity contribution is 5.95. The number of rotatable bonds is 2. The molecule has 1 rings (SSSR count). The Labute approximate surface area is 165 Å². The van der Waals surface area contributed by atoms with E-state index >= 15 is 0 Å². The molecule has 0 aromatic heterocycles. The Hall–Kier alpha value is -2.04. The van der Waals surface area contributed by atoms with Gasteiger partial charge in [0.15, 0.2) is 0 Å². The topological polar surface area (TPSA) is 58.6 Å². The monoisotopic (exact) mass is 378 g/mol. The largest absolute Gasteiger partial charge is 0.443 e. The average Bonchev–Trinajstić information content (AvgIpc) is 2.42. The molecule has 1 aromatic rings. The van der Waals surface area contributed by atoms with Crippen LogP contribution >= 0.6 is 0 Å². The van der Waals surface area contributed by atoms with E-state index in [1.165, 1.54) is 11.4 Å². The summed E-state index contributed by atoms with van der Waals surface area (Å²) in [5.74, 6) is -0.248. The van der Waals surface area contributed by atoms with Gasteiger partial charge in [0.05, 0.1) is 0 Å². The van der Waals surface area contributed by atoms with Crippen LogP contribution in [0.3, 0.4) is 0 Å². The third kappa shape index (κ3) is 11.3. The Morgan fingerprint density at radius 2 is 1.41 bits per heavy atom. The molecule has 0 saturated carbocycles. The highest BCUT2D eigenvalue weighted by Crippen LogP contribution is 2.18. The summed E-state index contributed by atoms with van der Waals surface area (Å²) in [6.07, 6.45) is 0.615. The molecule has 5 nitrogen and oxygen atoms in total. The average molecular weight is 379 g/mol. The van der Waals surface area contributed by atoms with Gasteiger partial charge in [0.1, 0.15) is 5.60 Å². The van der Waals surface area contributed by atoms with Crippen LogP contribution in [0.4, 0.5) is 4.79 Å². The summed E-state index contributed by atoms with van der Waals surface area (Å²) in [4.78, 5) is 25.0. The highest BCUT2D eigenvalue weighted by Gasteiger charge is 2.26. The van der Waals surface area contributed by atoms with Gasteiger partial charge in [-0.3, -0.25) is 4.79 Å². The van der Waals surface area contributed by atoms with Crippen LogP contribution in [-0.4, -0.2) is 29.2 Å². The molecule has 27 heavy (non-hydrogen) atoms. The van der Waals surface area contributed by atoms with Crippen LogP contribution in [0.5, 0.6) is 0 Å². The third-order valence-corrected chi connectivity index (χ3v) is 2.97. The van der Waals surface area contributed by atoms with Crippen molar-refractivity contribution in [2.75, 3.05) is 6.54 Å². The van der Waals surface area contributed by atoms with Crippen molar-refractivity contribution in [1.82, 2.24) is 10.4 Å². The maximum atomic E-state index is 12.9. The molecule has 0 saturated heterocycles. The summed E-state index contributed by atoms with van der Waals surface area (Å²) in [6.45, 7) is 19.9. The molecule has 1 aromatic carbocycles. The van der Waals surface area contributed by atoms with Gasteiger partial charge in [0, 0.05) is 12.1 Å². The maximum absolute atomic E-state index is 12.9. The van der Waals surface area contributed by atoms with E-state index in [1.54, 1.807) is 20.8 Å². The minimum absolute atomic E-state index is 0.177. The van der Waals surface area contributed by atoms with E-state index in [1.807, 2.05) is 52.8 Å². The Morgan fingerprint density at radius 1 is 0.963 bits per heavy atom. The number of carbonyl (C=O) groups excluding carboxylic acids is 2. The molecule has 0 atom stereocenters. The maximum Gasteiger partial charge on any atom is 0.426 e. The third-order valence-electron chi connectivity index (χ3n) is 2.97. The highest BCUT2D eigenvalue weighted by atomic mass is 16.6. The molecule has 0 fully saturated rings. The van der Waals surface area contributed by atoms with Gasteiger partial charge in [-0.25, -0.2) is 15.2 Å². The smallest absolute Gasteiger partial charge is 0.426 e. The van der Waals surface area contributed by atoms with Gasteiger partial charge in [0.2, 0.25) is 0 Å². The molecule has 0 aliphatic carbocycles. The molecule has 154 valence electrons. The number of amides is 2. The molecule has 0 spiro atoms. The van der Waals surface area contributed by atoms with Crippen LogP contribution in [0, 0.1) is 19.3 Å². The van der Waals surface area contributed by atoms with Crippen molar-refractivity contribution in [3.8, 4) is 0 Å². The summed E-state index contributed by atoms with van der Waals surface area (Å²) in [5.41, 5.74) is 4.35. The molecule has 2 amide bonds. The second-order valence-corrected chi connectivity index (χ2v) is 9.15. The zero-order valence-electron chi connectivity index (χ0n) is 18.8. The van der Waals surface area contributed by atoms with Gasteiger partial charge in [-0.1, -0.05) is 58.2 Å². The summed E-state index contributed by atoms with van der Waals surface area (Å²) < 4.78 is 5.27. The Morgan fingerprint density at radius 3 is 1.78 bits per heavy atom. The normalized spacial score (nSPS) is 11.2. The van der Waals surface area contributed by atoms with E-state index in [4.69, 9.17) is 4.74 Å². The predicted molar refractivity (Wildman–Crippen MR) is 112 cm³/mol. The summed E-state index contributed by atoms with van der Waals surface area (Å²) in [6, 6.07) is 5.65. The van der Waals surface area contributed by atoms with Crippen molar-refractivity contribution in [1.29, 1.82) is 0 Å². The van der Waals surface area contributed by atoms with E-state index in [0.717, 1.165) is 11.1 Å². The van der Waals surface area contributed by atoms with Gasteiger partial charge < -0.3 is 4.74 Å². The van der Waals surface area contributed by atoms with E-state index in [9.17, 15) is 9.59 Å². The second-order valence-electron chi connectivity index (χ2n) is 9.15. The number of nitrogens with one attached hydrogen (secondary N) is 1. The first-order valence-electron chi connectivity index (χ1n) is 9.58. The molecule has 0 aliphatic rings. The second kappa shape index (κ2) is 10.3. The Balaban J connectivity index is 0.00000210. The quantitative estimate of drug-likeness (QED) is 0.677. The first-order valence-corrected chi connectivity index (χ1v) is 9.58. The van der Waals surface area contributed by atoms with Crippen LogP contribution in [0.2, 0.25) is 0 Å². The van der Waals surface area contributed by atoms with Crippen LogP contribution in [0.25, 0.3) is 0 Å². The number of hydrogen-bond donors (Lipinski definition) is 1. The van der Waals surface area contributed by atoms with Gasteiger partial charge in [-0.05, 0) is 52.2 Å². The summed E-state index contributed by atoms with van der Waals surface area (Å²) in [5, 5.41) is 1.34. The zero-order chi connectivity index (χ0) is 21.4. The summed E-state index contributed by atoms with van der Waals surface area (Å²) >= 11 is 0. The van der Waals surface area contributed by atoms with Crippen molar-refractivity contribution < 1.29 is 14.3 Å². The van der Waals surface area contributed by atoms with E-state index in [2.05, 4.69) is 19.3 Å². The van der Waals surface area contributed by atoms with E-state index in [0.29, 0.717) is 12.1 Å². The number of aryl methyl sites for hydroxylation is 2. The van der Waals surface area contributed by atoms with Crippen molar-refractivity contribution >= 4 is 12.0 Å². The summed E-state index contributed by atoms with van der Waals surface area (Å²) in [7, 11) is 0.